The van der Waals surface area contributed by atoms with Gasteiger partial charge in [0.15, 0.2) is 0 Å². The van der Waals surface area contributed by atoms with Gasteiger partial charge in [-0.3, -0.25) is 0 Å². The number of nitrogens with zero attached hydrogens (tertiary/aromatic N) is 2. The van der Waals surface area contributed by atoms with Gasteiger partial charge in [-0.05, 0) is 48.0 Å². The zero-order valence-electron chi connectivity index (χ0n) is 14.0. The third kappa shape index (κ3) is 4.46. The second-order valence-corrected chi connectivity index (χ2v) is 5.54. The number of pyridine rings is 1. The molecule has 0 atom stereocenters. The number of aromatic nitrogens is 1. The van der Waals surface area contributed by atoms with Gasteiger partial charge in [0.05, 0.1) is 37.5 Å². The Balaban J connectivity index is 1.47. The highest BCUT2D eigenvalue weighted by Gasteiger charge is 2.00. The van der Waals surface area contributed by atoms with Crippen LogP contribution in [-0.2, 0) is 11.3 Å². The first-order valence-corrected chi connectivity index (χ1v) is 8.04. The van der Waals surface area contributed by atoms with Crippen LogP contribution < -0.4 is 10.1 Å². The number of anilines is 1. The van der Waals surface area contributed by atoms with Gasteiger partial charge in [0.2, 0.25) is 0 Å². The van der Waals surface area contributed by atoms with Crippen LogP contribution >= 0.6 is 0 Å². The largest absolute Gasteiger partial charge is 0.497 e. The molecule has 1 aromatic heterocycles. The Hall–Kier alpha value is -3.10. The summed E-state index contributed by atoms with van der Waals surface area (Å²) in [6, 6.07) is 19.3. The Morgan fingerprint density at radius 1 is 1.08 bits per heavy atom. The summed E-state index contributed by atoms with van der Waals surface area (Å²) in [5, 5.41) is 13.1. The monoisotopic (exact) mass is 333 g/mol. The van der Waals surface area contributed by atoms with Gasteiger partial charge in [-0.25, -0.2) is 4.98 Å². The van der Waals surface area contributed by atoms with Crippen LogP contribution in [0.3, 0.4) is 0 Å². The minimum atomic E-state index is 0.563. The maximum atomic E-state index is 8.92. The standard InChI is InChI=1S/C20H19N3O2/c1-24-18-6-2-15(3-7-18)14-25-11-10-22-20-9-5-17-12-16(13-21)4-8-19(17)23-20/h2-9,12H,10-11,14H2,1H3,(H,22,23). The summed E-state index contributed by atoms with van der Waals surface area (Å²) in [6.07, 6.45) is 0. The quantitative estimate of drug-likeness (QED) is 0.667. The highest BCUT2D eigenvalue weighted by molar-refractivity contribution is 5.81. The number of rotatable bonds is 7. The molecular formula is C20H19N3O2. The Kier molecular flexibility index (Phi) is 5.45. The van der Waals surface area contributed by atoms with Crippen molar-refractivity contribution in [2.75, 3.05) is 25.6 Å². The lowest BCUT2D eigenvalue weighted by molar-refractivity contribution is 0.130. The number of nitriles is 1. The Morgan fingerprint density at radius 3 is 2.68 bits per heavy atom. The third-order valence-electron chi connectivity index (χ3n) is 3.80. The van der Waals surface area contributed by atoms with Crippen molar-refractivity contribution in [3.8, 4) is 11.8 Å². The summed E-state index contributed by atoms with van der Waals surface area (Å²) >= 11 is 0. The first kappa shape index (κ1) is 16.7. The minimum absolute atomic E-state index is 0.563. The van der Waals surface area contributed by atoms with Gasteiger partial charge in [-0.1, -0.05) is 12.1 Å². The molecule has 0 fully saturated rings. The zero-order valence-corrected chi connectivity index (χ0v) is 14.0. The molecule has 3 rings (SSSR count). The topological polar surface area (TPSA) is 67.2 Å². The fraction of sp³-hybridized carbons (Fsp3) is 0.200. The van der Waals surface area contributed by atoms with E-state index in [9.17, 15) is 0 Å². The van der Waals surface area contributed by atoms with Crippen molar-refractivity contribution in [3.63, 3.8) is 0 Å². The van der Waals surface area contributed by atoms with Crippen molar-refractivity contribution in [3.05, 3.63) is 65.7 Å². The highest BCUT2D eigenvalue weighted by Crippen LogP contribution is 2.16. The van der Waals surface area contributed by atoms with E-state index in [1.807, 2.05) is 48.5 Å². The van der Waals surface area contributed by atoms with Crippen LogP contribution in [0.2, 0.25) is 0 Å². The van der Waals surface area contributed by atoms with E-state index >= 15 is 0 Å². The molecular weight excluding hydrogens is 314 g/mol. The summed E-state index contributed by atoms with van der Waals surface area (Å²) in [5.41, 5.74) is 2.61. The average molecular weight is 333 g/mol. The lowest BCUT2D eigenvalue weighted by atomic mass is 10.1. The smallest absolute Gasteiger partial charge is 0.126 e. The van der Waals surface area contributed by atoms with E-state index < -0.39 is 0 Å². The fourth-order valence-corrected chi connectivity index (χ4v) is 2.46. The summed E-state index contributed by atoms with van der Waals surface area (Å²) in [4.78, 5) is 4.54. The van der Waals surface area contributed by atoms with Crippen molar-refractivity contribution < 1.29 is 9.47 Å². The number of fused-ring (bicyclic) bond motifs is 1. The van der Waals surface area contributed by atoms with Gasteiger partial charge < -0.3 is 14.8 Å². The molecule has 1 N–H and O–H groups in total. The van der Waals surface area contributed by atoms with Crippen LogP contribution in [0, 0.1) is 11.3 Å². The molecule has 5 heteroatoms. The van der Waals surface area contributed by atoms with Crippen LogP contribution in [-0.4, -0.2) is 25.2 Å². The first-order valence-electron chi connectivity index (χ1n) is 8.04. The Morgan fingerprint density at radius 2 is 1.92 bits per heavy atom. The molecule has 0 aliphatic heterocycles. The minimum Gasteiger partial charge on any atom is -0.497 e. The summed E-state index contributed by atoms with van der Waals surface area (Å²) in [5.74, 6) is 1.64. The third-order valence-corrected chi connectivity index (χ3v) is 3.80. The predicted octanol–water partition coefficient (Wildman–Crippen LogP) is 3.74. The lowest BCUT2D eigenvalue weighted by Gasteiger charge is -2.08. The summed E-state index contributed by atoms with van der Waals surface area (Å²) in [7, 11) is 1.65. The predicted molar refractivity (Wildman–Crippen MR) is 97.6 cm³/mol. The average Bonchev–Trinajstić information content (AvgIpc) is 2.67. The molecule has 0 bridgehead atoms. The summed E-state index contributed by atoms with van der Waals surface area (Å²) in [6.45, 7) is 1.82. The van der Waals surface area contributed by atoms with Gasteiger partial charge >= 0.3 is 0 Å². The number of methoxy groups -OCH3 is 1. The number of hydrogen-bond donors (Lipinski definition) is 1. The van der Waals surface area contributed by atoms with Crippen LogP contribution in [0.1, 0.15) is 11.1 Å². The van der Waals surface area contributed by atoms with Crippen molar-refractivity contribution in [1.82, 2.24) is 4.98 Å². The van der Waals surface area contributed by atoms with E-state index in [-0.39, 0.29) is 0 Å². The molecule has 0 aliphatic carbocycles. The molecule has 25 heavy (non-hydrogen) atoms. The van der Waals surface area contributed by atoms with E-state index in [4.69, 9.17) is 14.7 Å². The number of hydrogen-bond acceptors (Lipinski definition) is 5. The zero-order chi connectivity index (χ0) is 17.5. The fourth-order valence-electron chi connectivity index (χ4n) is 2.46. The van der Waals surface area contributed by atoms with Gasteiger partial charge in [0.1, 0.15) is 11.6 Å². The molecule has 0 unspecified atom stereocenters. The van der Waals surface area contributed by atoms with Crippen molar-refractivity contribution in [2.45, 2.75) is 6.61 Å². The van der Waals surface area contributed by atoms with Gasteiger partial charge in [-0.15, -0.1) is 0 Å². The first-order chi connectivity index (χ1) is 12.3. The Bertz CT molecular complexity index is 886. The summed E-state index contributed by atoms with van der Waals surface area (Å²) < 4.78 is 10.8. The van der Waals surface area contributed by atoms with Crippen molar-refractivity contribution >= 4 is 16.7 Å². The van der Waals surface area contributed by atoms with Gasteiger partial charge in [0.25, 0.3) is 0 Å². The normalized spacial score (nSPS) is 10.4. The second-order valence-electron chi connectivity index (χ2n) is 5.54. The molecule has 3 aromatic rings. The maximum Gasteiger partial charge on any atom is 0.126 e. The van der Waals surface area contributed by atoms with Crippen molar-refractivity contribution in [2.24, 2.45) is 0 Å². The van der Waals surface area contributed by atoms with Crippen LogP contribution in [0.25, 0.3) is 10.9 Å². The highest BCUT2D eigenvalue weighted by atomic mass is 16.5. The number of benzene rings is 2. The lowest BCUT2D eigenvalue weighted by Crippen LogP contribution is -2.10. The van der Waals surface area contributed by atoms with E-state index in [0.29, 0.717) is 25.3 Å². The van der Waals surface area contributed by atoms with E-state index in [2.05, 4.69) is 16.4 Å². The van der Waals surface area contributed by atoms with E-state index in [0.717, 1.165) is 28.0 Å². The molecule has 2 aromatic carbocycles. The molecule has 0 saturated carbocycles. The van der Waals surface area contributed by atoms with Crippen molar-refractivity contribution in [1.29, 1.82) is 5.26 Å². The Labute approximate surface area is 146 Å². The van der Waals surface area contributed by atoms with Crippen LogP contribution in [0.5, 0.6) is 5.75 Å². The molecule has 126 valence electrons. The maximum absolute atomic E-state index is 8.92. The molecule has 1 heterocycles. The second kappa shape index (κ2) is 8.13. The van der Waals surface area contributed by atoms with Gasteiger partial charge in [0, 0.05) is 11.9 Å². The molecule has 0 radical (unpaired) electrons. The van der Waals surface area contributed by atoms with Crippen LogP contribution in [0.15, 0.2) is 54.6 Å². The molecule has 0 amide bonds. The van der Waals surface area contributed by atoms with E-state index in [1.54, 1.807) is 13.2 Å². The van der Waals surface area contributed by atoms with Gasteiger partial charge in [-0.2, -0.15) is 5.26 Å². The van der Waals surface area contributed by atoms with E-state index in [1.165, 1.54) is 0 Å². The number of nitrogens with one attached hydrogen (secondary N) is 1. The number of ether oxygens (including phenoxy) is 2. The molecule has 0 saturated heterocycles. The molecule has 0 aliphatic rings. The molecule has 0 spiro atoms. The SMILES string of the molecule is COc1ccc(COCCNc2ccc3cc(C#N)ccc3n2)cc1. The molecule has 5 nitrogen and oxygen atoms in total. The van der Waals surface area contributed by atoms with Crippen LogP contribution in [0.4, 0.5) is 5.82 Å².